The molecule has 0 bridgehead atoms. The van der Waals surface area contributed by atoms with E-state index >= 15 is 0 Å². The maximum atomic E-state index is 2.47. The van der Waals surface area contributed by atoms with Crippen LogP contribution in [-0.4, -0.2) is 10.5 Å². The van der Waals surface area contributed by atoms with Crippen molar-refractivity contribution in [2.75, 3.05) is 0 Å². The summed E-state index contributed by atoms with van der Waals surface area (Å²) in [5.41, 5.74) is 0. The van der Waals surface area contributed by atoms with Crippen molar-refractivity contribution in [3.05, 3.63) is 0 Å². The Morgan fingerprint density at radius 2 is 1.00 bits per heavy atom. The fraction of sp³-hybridized carbons (Fsp3) is 1.00. The smallest absolute Gasteiger partial charge is 0.0106 e. The van der Waals surface area contributed by atoms with E-state index in [0.29, 0.717) is 0 Å². The molecule has 0 spiro atoms. The van der Waals surface area contributed by atoms with Crippen molar-refractivity contribution in [3.63, 3.8) is 0 Å². The Kier molecular flexibility index (Phi) is 7.83. The first kappa shape index (κ1) is 20.4. The molecule has 0 N–H and O–H groups in total. The lowest BCUT2D eigenvalue weighted by Gasteiger charge is -2.39. The van der Waals surface area contributed by atoms with Gasteiger partial charge in [0.2, 0.25) is 0 Å². The first-order valence-corrected chi connectivity index (χ1v) is 10.7. The number of rotatable bonds is 5. The van der Waals surface area contributed by atoms with E-state index in [1.165, 1.54) is 6.42 Å². The molecule has 5 unspecified atom stereocenters. The van der Waals surface area contributed by atoms with Gasteiger partial charge in [-0.3, -0.25) is 0 Å². The van der Waals surface area contributed by atoms with Crippen molar-refractivity contribution in [3.8, 4) is 0 Å². The topological polar surface area (TPSA) is 0 Å². The van der Waals surface area contributed by atoms with Gasteiger partial charge in [0.1, 0.15) is 0 Å². The van der Waals surface area contributed by atoms with Gasteiger partial charge in [-0.15, -0.1) is 0 Å². The molecule has 0 radical (unpaired) electrons. The lowest BCUT2D eigenvalue weighted by atomic mass is 9.68. The fourth-order valence-corrected chi connectivity index (χ4v) is 7.03. The summed E-state index contributed by atoms with van der Waals surface area (Å²) in [5.74, 6) is 6.61. The van der Waals surface area contributed by atoms with Crippen molar-refractivity contribution < 1.29 is 0 Å². The predicted molar refractivity (Wildman–Crippen MR) is 104 cm³/mol. The van der Waals surface area contributed by atoms with E-state index in [-0.39, 0.29) is 0 Å². The molecule has 1 heterocycles. The largest absolute Gasteiger partial charge is 0.154 e. The standard InChI is InChI=1S/C21H42S/c1-12(2)17-11-18(13(3)4)20(15(7)8)22-21(16(9)10)19(17)14(5)6/h12-21H,11H2,1-10H3. The molecule has 22 heavy (non-hydrogen) atoms. The van der Waals surface area contributed by atoms with Crippen LogP contribution in [0, 0.1) is 47.3 Å². The molecule has 0 aliphatic carbocycles. The van der Waals surface area contributed by atoms with Gasteiger partial charge in [-0.1, -0.05) is 69.2 Å². The molecule has 0 aromatic carbocycles. The van der Waals surface area contributed by atoms with Crippen molar-refractivity contribution in [1.29, 1.82) is 0 Å². The van der Waals surface area contributed by atoms with Crippen LogP contribution in [0.3, 0.4) is 0 Å². The normalized spacial score (nSPS) is 34.2. The third-order valence-electron chi connectivity index (χ3n) is 5.95. The van der Waals surface area contributed by atoms with Gasteiger partial charge in [0.25, 0.3) is 0 Å². The lowest BCUT2D eigenvalue weighted by molar-refractivity contribution is 0.135. The maximum absolute atomic E-state index is 2.47. The monoisotopic (exact) mass is 326 g/mol. The molecule has 0 amide bonds. The van der Waals surface area contributed by atoms with Crippen molar-refractivity contribution in [2.45, 2.75) is 86.2 Å². The van der Waals surface area contributed by atoms with Gasteiger partial charge in [-0.2, -0.15) is 11.8 Å². The molecule has 5 atom stereocenters. The van der Waals surface area contributed by atoms with Gasteiger partial charge >= 0.3 is 0 Å². The molecular weight excluding hydrogens is 284 g/mol. The molecule has 1 aliphatic heterocycles. The Morgan fingerprint density at radius 1 is 0.545 bits per heavy atom. The molecule has 1 heteroatoms. The second-order valence-electron chi connectivity index (χ2n) is 9.43. The molecular formula is C21H42S. The number of hydrogen-bond acceptors (Lipinski definition) is 1. The molecule has 1 rings (SSSR count). The van der Waals surface area contributed by atoms with Crippen LogP contribution < -0.4 is 0 Å². The fourth-order valence-electron chi connectivity index (χ4n) is 4.72. The summed E-state index contributed by atoms with van der Waals surface area (Å²) in [5, 5.41) is 1.65. The molecule has 1 fully saturated rings. The Balaban J connectivity index is 3.27. The van der Waals surface area contributed by atoms with Crippen molar-refractivity contribution in [1.82, 2.24) is 0 Å². The molecule has 0 aromatic rings. The summed E-state index contributed by atoms with van der Waals surface area (Å²) in [6.07, 6.45) is 1.44. The van der Waals surface area contributed by atoms with Crippen molar-refractivity contribution >= 4 is 11.8 Å². The van der Waals surface area contributed by atoms with E-state index < -0.39 is 0 Å². The van der Waals surface area contributed by atoms with Crippen LogP contribution in [0.5, 0.6) is 0 Å². The zero-order valence-corrected chi connectivity index (χ0v) is 17.7. The maximum Gasteiger partial charge on any atom is 0.0106 e. The van der Waals surface area contributed by atoms with Crippen LogP contribution in [0.4, 0.5) is 0 Å². The number of thioether (sulfide) groups is 1. The van der Waals surface area contributed by atoms with Gasteiger partial charge in [0.05, 0.1) is 0 Å². The molecule has 1 saturated heterocycles. The average molecular weight is 327 g/mol. The Hall–Kier alpha value is 0.350. The lowest BCUT2D eigenvalue weighted by Crippen LogP contribution is -2.35. The van der Waals surface area contributed by atoms with Gasteiger partial charge in [-0.05, 0) is 53.8 Å². The summed E-state index contributed by atoms with van der Waals surface area (Å²) >= 11 is 2.36. The first-order chi connectivity index (χ1) is 10.1. The van der Waals surface area contributed by atoms with E-state index in [1.807, 2.05) is 0 Å². The Labute approximate surface area is 145 Å². The van der Waals surface area contributed by atoms with Crippen LogP contribution in [0.1, 0.15) is 75.7 Å². The zero-order valence-electron chi connectivity index (χ0n) is 16.9. The molecule has 1 aliphatic rings. The van der Waals surface area contributed by atoms with Gasteiger partial charge < -0.3 is 0 Å². The highest BCUT2D eigenvalue weighted by Crippen LogP contribution is 2.51. The van der Waals surface area contributed by atoms with E-state index in [2.05, 4.69) is 81.0 Å². The van der Waals surface area contributed by atoms with Gasteiger partial charge in [0.15, 0.2) is 0 Å². The van der Waals surface area contributed by atoms with Gasteiger partial charge in [-0.25, -0.2) is 0 Å². The first-order valence-electron chi connectivity index (χ1n) is 9.73. The highest BCUT2D eigenvalue weighted by molar-refractivity contribution is 8.00. The van der Waals surface area contributed by atoms with E-state index in [9.17, 15) is 0 Å². The van der Waals surface area contributed by atoms with Crippen LogP contribution in [0.15, 0.2) is 0 Å². The molecule has 0 aromatic heterocycles. The second-order valence-corrected chi connectivity index (χ2v) is 10.8. The highest BCUT2D eigenvalue weighted by atomic mass is 32.2. The average Bonchev–Trinajstić information content (AvgIpc) is 2.55. The summed E-state index contributed by atoms with van der Waals surface area (Å²) in [6.45, 7) is 24.6. The minimum atomic E-state index is 0.783. The molecule has 132 valence electrons. The number of hydrogen-bond donors (Lipinski definition) is 0. The second kappa shape index (κ2) is 8.45. The summed E-state index contributed by atoms with van der Waals surface area (Å²) in [6, 6.07) is 0. The SMILES string of the molecule is CC(C)C1CC(C(C)C)C(C(C)C)C(C(C)C)SC1C(C)C. The van der Waals surface area contributed by atoms with Crippen LogP contribution in [0.25, 0.3) is 0 Å². The highest BCUT2D eigenvalue weighted by Gasteiger charge is 2.44. The Bertz CT molecular complexity index is 288. The Morgan fingerprint density at radius 3 is 1.32 bits per heavy atom. The van der Waals surface area contributed by atoms with Crippen LogP contribution in [0.2, 0.25) is 0 Å². The predicted octanol–water partition coefficient (Wildman–Crippen LogP) is 6.99. The minimum Gasteiger partial charge on any atom is -0.154 e. The molecule has 0 saturated carbocycles. The minimum absolute atomic E-state index is 0.783. The summed E-state index contributed by atoms with van der Waals surface area (Å²) < 4.78 is 0. The van der Waals surface area contributed by atoms with E-state index in [1.54, 1.807) is 0 Å². The van der Waals surface area contributed by atoms with E-state index in [4.69, 9.17) is 0 Å². The summed E-state index contributed by atoms with van der Waals surface area (Å²) in [4.78, 5) is 0. The summed E-state index contributed by atoms with van der Waals surface area (Å²) in [7, 11) is 0. The van der Waals surface area contributed by atoms with Crippen molar-refractivity contribution in [2.24, 2.45) is 47.3 Å². The quantitative estimate of drug-likeness (QED) is 0.524. The molecule has 0 nitrogen and oxygen atoms in total. The third-order valence-corrected chi connectivity index (χ3v) is 8.33. The zero-order chi connectivity index (χ0) is 17.2. The van der Waals surface area contributed by atoms with Crippen LogP contribution in [-0.2, 0) is 0 Å². The van der Waals surface area contributed by atoms with Crippen LogP contribution >= 0.6 is 11.8 Å². The van der Waals surface area contributed by atoms with E-state index in [0.717, 1.165) is 57.8 Å². The third kappa shape index (κ3) is 4.68. The van der Waals surface area contributed by atoms with Gasteiger partial charge in [0, 0.05) is 10.5 Å².